The van der Waals surface area contributed by atoms with Gasteiger partial charge in [-0.25, -0.2) is 0 Å². The number of carbonyl (C=O) groups excluding carboxylic acids is 1. The zero-order chi connectivity index (χ0) is 15.2. The second-order valence-corrected chi connectivity index (χ2v) is 5.75. The highest BCUT2D eigenvalue weighted by atomic mass is 32.2. The number of para-hydroxylation sites is 1. The predicted octanol–water partition coefficient (Wildman–Crippen LogP) is 3.05. The number of hydrogen-bond acceptors (Lipinski definition) is 4. The zero-order valence-corrected chi connectivity index (χ0v) is 12.6. The lowest BCUT2D eigenvalue weighted by atomic mass is 10.1. The molecule has 2 aromatic carbocycles. The van der Waals surface area contributed by atoms with Crippen molar-refractivity contribution < 1.29 is 9.90 Å². The van der Waals surface area contributed by atoms with Gasteiger partial charge in [-0.15, -0.1) is 11.8 Å². The number of carbonyl (C=O) groups is 1. The predicted molar refractivity (Wildman–Crippen MR) is 87.3 cm³/mol. The van der Waals surface area contributed by atoms with Crippen molar-refractivity contribution in [1.29, 1.82) is 0 Å². The molecular weight excluding hydrogens is 284 g/mol. The van der Waals surface area contributed by atoms with E-state index in [0.29, 0.717) is 11.4 Å². The van der Waals surface area contributed by atoms with Gasteiger partial charge in [0.05, 0.1) is 6.10 Å². The van der Waals surface area contributed by atoms with Crippen molar-refractivity contribution in [1.82, 2.24) is 0 Å². The lowest BCUT2D eigenvalue weighted by Crippen LogP contribution is -2.05. The number of nitrogens with two attached hydrogens (primary N) is 1. The molecule has 0 aliphatic heterocycles. The number of amides is 1. The number of aliphatic hydroxyl groups is 1. The van der Waals surface area contributed by atoms with Crippen LogP contribution in [0.5, 0.6) is 0 Å². The Labute approximate surface area is 128 Å². The highest BCUT2D eigenvalue weighted by Gasteiger charge is 2.10. The van der Waals surface area contributed by atoms with E-state index < -0.39 is 6.10 Å². The molecule has 1 atom stereocenters. The minimum Gasteiger partial charge on any atom is -0.398 e. The maximum atomic E-state index is 10.9. The van der Waals surface area contributed by atoms with Crippen molar-refractivity contribution in [3.05, 3.63) is 54.1 Å². The third-order valence-corrected chi connectivity index (χ3v) is 4.03. The van der Waals surface area contributed by atoms with E-state index in [1.165, 1.54) is 6.92 Å². The van der Waals surface area contributed by atoms with Crippen LogP contribution in [0.3, 0.4) is 0 Å². The van der Waals surface area contributed by atoms with Crippen molar-refractivity contribution >= 4 is 29.0 Å². The van der Waals surface area contributed by atoms with Gasteiger partial charge in [0, 0.05) is 34.5 Å². The van der Waals surface area contributed by atoms with Crippen LogP contribution < -0.4 is 11.1 Å². The maximum absolute atomic E-state index is 10.9. The van der Waals surface area contributed by atoms with Gasteiger partial charge in [-0.1, -0.05) is 18.2 Å². The van der Waals surface area contributed by atoms with Crippen LogP contribution in [0.15, 0.2) is 53.4 Å². The summed E-state index contributed by atoms with van der Waals surface area (Å²) in [5.74, 6) is 0.429. The molecule has 0 bridgehead atoms. The van der Waals surface area contributed by atoms with Gasteiger partial charge in [0.1, 0.15) is 0 Å². The molecule has 0 aliphatic rings. The number of rotatable bonds is 5. The Balaban J connectivity index is 1.94. The van der Waals surface area contributed by atoms with E-state index in [2.05, 4.69) is 5.32 Å². The monoisotopic (exact) mass is 302 g/mol. The lowest BCUT2D eigenvalue weighted by molar-refractivity contribution is -0.114. The van der Waals surface area contributed by atoms with Crippen molar-refractivity contribution in [3.63, 3.8) is 0 Å². The molecule has 4 nitrogen and oxygen atoms in total. The molecule has 4 N–H and O–H groups in total. The van der Waals surface area contributed by atoms with Crippen LogP contribution in [0, 0.1) is 0 Å². The third-order valence-electron chi connectivity index (χ3n) is 2.94. The first kappa shape index (κ1) is 15.4. The van der Waals surface area contributed by atoms with Crippen LogP contribution in [0.4, 0.5) is 11.4 Å². The average Bonchev–Trinajstić information content (AvgIpc) is 2.46. The van der Waals surface area contributed by atoms with Crippen LogP contribution in [0.25, 0.3) is 0 Å². The van der Waals surface area contributed by atoms with E-state index in [9.17, 15) is 9.90 Å². The van der Waals surface area contributed by atoms with E-state index in [4.69, 9.17) is 5.73 Å². The van der Waals surface area contributed by atoms with E-state index >= 15 is 0 Å². The van der Waals surface area contributed by atoms with E-state index in [0.717, 1.165) is 16.1 Å². The van der Waals surface area contributed by atoms with Gasteiger partial charge in [0.15, 0.2) is 0 Å². The fraction of sp³-hybridized carbons (Fsp3) is 0.188. The maximum Gasteiger partial charge on any atom is 0.221 e. The minimum atomic E-state index is -0.605. The number of nitrogens with one attached hydrogen (secondary N) is 1. The molecule has 2 rings (SSSR count). The largest absolute Gasteiger partial charge is 0.398 e. The Morgan fingerprint density at radius 2 is 1.90 bits per heavy atom. The van der Waals surface area contributed by atoms with Gasteiger partial charge in [-0.3, -0.25) is 4.79 Å². The molecule has 110 valence electrons. The Morgan fingerprint density at radius 3 is 2.52 bits per heavy atom. The number of aliphatic hydroxyl groups excluding tert-OH is 1. The molecule has 0 saturated heterocycles. The molecule has 1 unspecified atom stereocenters. The molecule has 0 fully saturated rings. The fourth-order valence-corrected chi connectivity index (χ4v) is 2.78. The quantitative estimate of drug-likeness (QED) is 0.586. The highest BCUT2D eigenvalue weighted by Crippen LogP contribution is 2.28. The second kappa shape index (κ2) is 7.15. The summed E-state index contributed by atoms with van der Waals surface area (Å²) in [4.78, 5) is 12.0. The first-order chi connectivity index (χ1) is 10.1. The van der Waals surface area contributed by atoms with E-state index in [-0.39, 0.29) is 5.91 Å². The van der Waals surface area contributed by atoms with Gasteiger partial charge in [0.25, 0.3) is 0 Å². The summed E-state index contributed by atoms with van der Waals surface area (Å²) >= 11 is 1.54. The van der Waals surface area contributed by atoms with Gasteiger partial charge < -0.3 is 16.2 Å². The topological polar surface area (TPSA) is 75.3 Å². The van der Waals surface area contributed by atoms with Gasteiger partial charge in [-0.05, 0) is 30.3 Å². The van der Waals surface area contributed by atoms with Gasteiger partial charge >= 0.3 is 0 Å². The molecule has 21 heavy (non-hydrogen) atoms. The molecule has 0 aromatic heterocycles. The van der Waals surface area contributed by atoms with Crippen LogP contribution in [0.1, 0.15) is 18.6 Å². The van der Waals surface area contributed by atoms with Crippen LogP contribution in [0.2, 0.25) is 0 Å². The van der Waals surface area contributed by atoms with E-state index in [1.807, 2.05) is 42.5 Å². The summed E-state index contributed by atoms with van der Waals surface area (Å²) in [6.45, 7) is 1.48. The number of benzene rings is 2. The Morgan fingerprint density at radius 1 is 1.24 bits per heavy atom. The smallest absolute Gasteiger partial charge is 0.221 e. The Kier molecular flexibility index (Phi) is 5.25. The van der Waals surface area contributed by atoms with Crippen molar-refractivity contribution in [2.75, 3.05) is 16.8 Å². The molecule has 0 heterocycles. The summed E-state index contributed by atoms with van der Waals surface area (Å²) in [5, 5.41) is 12.9. The minimum absolute atomic E-state index is 0.0922. The normalized spacial score (nSPS) is 11.9. The third kappa shape index (κ3) is 4.51. The summed E-state index contributed by atoms with van der Waals surface area (Å²) in [6, 6.07) is 14.8. The zero-order valence-electron chi connectivity index (χ0n) is 11.7. The van der Waals surface area contributed by atoms with Crippen LogP contribution in [-0.4, -0.2) is 16.8 Å². The Hall–Kier alpha value is -1.98. The highest BCUT2D eigenvalue weighted by molar-refractivity contribution is 7.99. The molecule has 2 aromatic rings. The van der Waals surface area contributed by atoms with Crippen molar-refractivity contribution in [2.24, 2.45) is 0 Å². The lowest BCUT2D eigenvalue weighted by Gasteiger charge is -2.13. The molecular formula is C16H18N2O2S. The number of anilines is 2. The van der Waals surface area contributed by atoms with Gasteiger partial charge in [-0.2, -0.15) is 0 Å². The fourth-order valence-electron chi connectivity index (χ4n) is 1.92. The van der Waals surface area contributed by atoms with Crippen LogP contribution in [-0.2, 0) is 4.79 Å². The summed E-state index contributed by atoms with van der Waals surface area (Å²) in [5.41, 5.74) is 7.96. The standard InChI is InChI=1S/C16H18N2O2S/c1-11(19)18-12-6-8-13(9-7-12)21-10-16(20)14-4-2-3-5-15(14)17/h2-9,16,20H,10,17H2,1H3,(H,18,19). The van der Waals surface area contributed by atoms with Gasteiger partial charge in [0.2, 0.25) is 5.91 Å². The Bertz CT molecular complexity index is 614. The average molecular weight is 302 g/mol. The molecule has 0 spiro atoms. The molecule has 0 radical (unpaired) electrons. The molecule has 1 amide bonds. The molecule has 0 aliphatic carbocycles. The SMILES string of the molecule is CC(=O)Nc1ccc(SCC(O)c2ccccc2N)cc1. The second-order valence-electron chi connectivity index (χ2n) is 4.66. The van der Waals surface area contributed by atoms with Crippen molar-refractivity contribution in [3.8, 4) is 0 Å². The number of hydrogen-bond donors (Lipinski definition) is 3. The summed E-state index contributed by atoms with van der Waals surface area (Å²) < 4.78 is 0. The summed E-state index contributed by atoms with van der Waals surface area (Å²) in [6.07, 6.45) is -0.605. The number of nitrogen functional groups attached to an aromatic ring is 1. The molecule has 0 saturated carbocycles. The van der Waals surface area contributed by atoms with Crippen molar-refractivity contribution in [2.45, 2.75) is 17.9 Å². The summed E-state index contributed by atoms with van der Waals surface area (Å²) in [7, 11) is 0. The number of thioether (sulfide) groups is 1. The van der Waals surface area contributed by atoms with E-state index in [1.54, 1.807) is 17.8 Å². The first-order valence-electron chi connectivity index (χ1n) is 6.59. The van der Waals surface area contributed by atoms with Crippen LogP contribution >= 0.6 is 11.8 Å². The first-order valence-corrected chi connectivity index (χ1v) is 7.58. The molecule has 5 heteroatoms.